The summed E-state index contributed by atoms with van der Waals surface area (Å²) < 4.78 is 38.5. The Hall–Kier alpha value is -2.58. The van der Waals surface area contributed by atoms with E-state index in [4.69, 9.17) is 9.47 Å². The lowest BCUT2D eigenvalue weighted by Gasteiger charge is -2.20. The van der Waals surface area contributed by atoms with E-state index in [1.54, 1.807) is 34.6 Å². The number of hydrogen-bond acceptors (Lipinski definition) is 5. The van der Waals surface area contributed by atoms with Crippen LogP contribution >= 0.6 is 0 Å². The van der Waals surface area contributed by atoms with Crippen LogP contribution in [0.3, 0.4) is 0 Å². The van der Waals surface area contributed by atoms with Gasteiger partial charge in [0.05, 0.1) is 18.1 Å². The van der Waals surface area contributed by atoms with Gasteiger partial charge in [-0.1, -0.05) is 12.8 Å². The minimum Gasteiger partial charge on any atom is -0.490 e. The first-order valence-electron chi connectivity index (χ1n) is 10.4. The molecule has 0 saturated carbocycles. The molecule has 30 heavy (non-hydrogen) atoms. The van der Waals surface area contributed by atoms with E-state index in [0.717, 1.165) is 32.1 Å². The molecule has 0 spiro atoms. The summed E-state index contributed by atoms with van der Waals surface area (Å²) in [6, 6.07) is 11.4. The molecular formula is C22H26N2O5S. The van der Waals surface area contributed by atoms with Crippen LogP contribution in [-0.4, -0.2) is 44.9 Å². The molecule has 2 aliphatic heterocycles. The summed E-state index contributed by atoms with van der Waals surface area (Å²) in [7, 11) is -3.53. The monoisotopic (exact) mass is 430 g/mol. The molecule has 2 aromatic carbocycles. The number of nitrogens with zero attached hydrogens (tertiary/aromatic N) is 1. The Morgan fingerprint density at radius 3 is 2.20 bits per heavy atom. The number of amides is 1. The van der Waals surface area contributed by atoms with Gasteiger partial charge in [0.25, 0.3) is 5.91 Å². The lowest BCUT2D eigenvalue weighted by atomic mass is 10.2. The third kappa shape index (κ3) is 4.60. The maximum Gasteiger partial charge on any atom is 0.255 e. The first-order chi connectivity index (χ1) is 14.5. The Morgan fingerprint density at radius 2 is 1.50 bits per heavy atom. The Kier molecular flexibility index (Phi) is 6.24. The molecule has 1 saturated heterocycles. The highest BCUT2D eigenvalue weighted by Crippen LogP contribution is 2.32. The van der Waals surface area contributed by atoms with Gasteiger partial charge < -0.3 is 14.8 Å². The summed E-state index contributed by atoms with van der Waals surface area (Å²) in [5.74, 6) is 0.945. The van der Waals surface area contributed by atoms with E-state index in [2.05, 4.69) is 5.32 Å². The number of ether oxygens (including phenoxy) is 2. The van der Waals surface area contributed by atoms with Crippen molar-refractivity contribution in [2.75, 3.05) is 31.6 Å². The molecule has 0 aliphatic carbocycles. The van der Waals surface area contributed by atoms with E-state index in [0.29, 0.717) is 49.1 Å². The van der Waals surface area contributed by atoms with E-state index >= 15 is 0 Å². The second-order valence-corrected chi connectivity index (χ2v) is 9.45. The number of rotatable bonds is 4. The zero-order chi connectivity index (χ0) is 21.0. The van der Waals surface area contributed by atoms with Crippen LogP contribution < -0.4 is 14.8 Å². The van der Waals surface area contributed by atoms with Crippen LogP contribution in [0.1, 0.15) is 42.5 Å². The standard InChI is InChI=1S/C22H26N2O5S/c25-22(23-18-8-11-20-21(16-18)29-15-5-14-28-20)17-6-9-19(10-7-17)30(26,27)24-12-3-1-2-4-13-24/h6-11,16H,1-5,12-15H2,(H,23,25). The van der Waals surface area contributed by atoms with Crippen molar-refractivity contribution in [2.24, 2.45) is 0 Å². The van der Waals surface area contributed by atoms with Gasteiger partial charge in [-0.2, -0.15) is 4.31 Å². The maximum absolute atomic E-state index is 12.9. The van der Waals surface area contributed by atoms with Gasteiger partial charge in [0.15, 0.2) is 11.5 Å². The fourth-order valence-corrected chi connectivity index (χ4v) is 5.17. The number of anilines is 1. The maximum atomic E-state index is 12.9. The number of nitrogens with one attached hydrogen (secondary N) is 1. The topological polar surface area (TPSA) is 84.9 Å². The highest BCUT2D eigenvalue weighted by atomic mass is 32.2. The summed E-state index contributed by atoms with van der Waals surface area (Å²) >= 11 is 0. The molecule has 2 aromatic rings. The van der Waals surface area contributed by atoms with Gasteiger partial charge in [0.1, 0.15) is 0 Å². The van der Waals surface area contributed by atoms with Crippen molar-refractivity contribution in [1.82, 2.24) is 4.31 Å². The van der Waals surface area contributed by atoms with Crippen molar-refractivity contribution >= 4 is 21.6 Å². The molecule has 2 aliphatic rings. The first kappa shape index (κ1) is 20.7. The van der Waals surface area contributed by atoms with Crippen molar-refractivity contribution in [3.8, 4) is 11.5 Å². The summed E-state index contributed by atoms with van der Waals surface area (Å²) in [5, 5.41) is 2.82. The molecule has 0 atom stereocenters. The third-order valence-electron chi connectivity index (χ3n) is 5.32. The Bertz CT molecular complexity index is 997. The number of sulfonamides is 1. The van der Waals surface area contributed by atoms with Crippen LogP contribution in [0.5, 0.6) is 11.5 Å². The Balaban J connectivity index is 1.46. The molecule has 1 fully saturated rings. The third-order valence-corrected chi connectivity index (χ3v) is 7.24. The minimum absolute atomic E-state index is 0.219. The predicted octanol–water partition coefficient (Wildman–Crippen LogP) is 3.66. The summed E-state index contributed by atoms with van der Waals surface area (Å²) in [6.45, 7) is 2.27. The molecule has 160 valence electrons. The average Bonchev–Trinajstić information content (AvgIpc) is 3.17. The molecule has 4 rings (SSSR count). The smallest absolute Gasteiger partial charge is 0.255 e. The van der Waals surface area contributed by atoms with Gasteiger partial charge in [0.2, 0.25) is 10.0 Å². The predicted molar refractivity (Wildman–Crippen MR) is 114 cm³/mol. The minimum atomic E-state index is -3.53. The number of benzene rings is 2. The van der Waals surface area contributed by atoms with Crippen molar-refractivity contribution in [1.29, 1.82) is 0 Å². The van der Waals surface area contributed by atoms with Gasteiger partial charge in [-0.15, -0.1) is 0 Å². The Labute approximate surface area is 177 Å². The van der Waals surface area contributed by atoms with E-state index in [1.165, 1.54) is 12.1 Å². The molecule has 0 aromatic heterocycles. The molecule has 8 heteroatoms. The van der Waals surface area contributed by atoms with E-state index in [-0.39, 0.29) is 10.8 Å². The van der Waals surface area contributed by atoms with Gasteiger partial charge in [-0.3, -0.25) is 4.79 Å². The SMILES string of the molecule is O=C(Nc1ccc2c(c1)OCCCO2)c1ccc(S(=O)(=O)N2CCCCCC2)cc1. The highest BCUT2D eigenvalue weighted by molar-refractivity contribution is 7.89. The second-order valence-electron chi connectivity index (χ2n) is 7.51. The average molecular weight is 431 g/mol. The summed E-state index contributed by atoms with van der Waals surface area (Å²) in [6.07, 6.45) is 4.70. The lowest BCUT2D eigenvalue weighted by Crippen LogP contribution is -2.31. The zero-order valence-electron chi connectivity index (χ0n) is 16.8. The van der Waals surface area contributed by atoms with Crippen molar-refractivity contribution in [3.63, 3.8) is 0 Å². The largest absolute Gasteiger partial charge is 0.490 e. The van der Waals surface area contributed by atoms with Crippen molar-refractivity contribution in [3.05, 3.63) is 48.0 Å². The van der Waals surface area contributed by atoms with Crippen LogP contribution in [-0.2, 0) is 10.0 Å². The second kappa shape index (κ2) is 9.06. The van der Waals surface area contributed by atoms with Crippen LogP contribution in [0.2, 0.25) is 0 Å². The van der Waals surface area contributed by atoms with Crippen molar-refractivity contribution in [2.45, 2.75) is 37.0 Å². The van der Waals surface area contributed by atoms with Crippen LogP contribution in [0.25, 0.3) is 0 Å². The fourth-order valence-electron chi connectivity index (χ4n) is 3.65. The quantitative estimate of drug-likeness (QED) is 0.800. The summed E-state index contributed by atoms with van der Waals surface area (Å²) in [5.41, 5.74) is 0.974. The van der Waals surface area contributed by atoms with Crippen LogP contribution in [0, 0.1) is 0 Å². The number of fused-ring (bicyclic) bond motifs is 1. The molecular weight excluding hydrogens is 404 g/mol. The fraction of sp³-hybridized carbons (Fsp3) is 0.409. The molecule has 0 radical (unpaired) electrons. The van der Waals surface area contributed by atoms with E-state index in [9.17, 15) is 13.2 Å². The van der Waals surface area contributed by atoms with Crippen LogP contribution in [0.15, 0.2) is 47.4 Å². The molecule has 0 bridgehead atoms. The lowest BCUT2D eigenvalue weighted by molar-refractivity contribution is 0.102. The van der Waals surface area contributed by atoms with Gasteiger partial charge in [-0.25, -0.2) is 8.42 Å². The van der Waals surface area contributed by atoms with Crippen LogP contribution in [0.4, 0.5) is 5.69 Å². The highest BCUT2D eigenvalue weighted by Gasteiger charge is 2.25. The number of carbonyl (C=O) groups excluding carboxylic acids is 1. The van der Waals surface area contributed by atoms with Crippen molar-refractivity contribution < 1.29 is 22.7 Å². The van der Waals surface area contributed by atoms with Gasteiger partial charge >= 0.3 is 0 Å². The zero-order valence-corrected chi connectivity index (χ0v) is 17.6. The molecule has 1 N–H and O–H groups in total. The molecule has 1 amide bonds. The first-order valence-corrected chi connectivity index (χ1v) is 11.8. The van der Waals surface area contributed by atoms with E-state index in [1.807, 2.05) is 0 Å². The molecule has 7 nitrogen and oxygen atoms in total. The normalized spacial score (nSPS) is 17.6. The number of carbonyl (C=O) groups is 1. The van der Waals surface area contributed by atoms with Gasteiger partial charge in [0, 0.05) is 36.8 Å². The summed E-state index contributed by atoms with van der Waals surface area (Å²) in [4.78, 5) is 12.8. The molecule has 2 heterocycles. The number of hydrogen-bond donors (Lipinski definition) is 1. The van der Waals surface area contributed by atoms with E-state index < -0.39 is 10.0 Å². The Morgan fingerprint density at radius 1 is 0.833 bits per heavy atom. The molecule has 0 unspecified atom stereocenters. The van der Waals surface area contributed by atoms with Gasteiger partial charge in [-0.05, 0) is 49.2 Å².